The van der Waals surface area contributed by atoms with E-state index in [1.54, 1.807) is 29.8 Å². The van der Waals surface area contributed by atoms with Gasteiger partial charge in [0.15, 0.2) is 0 Å². The van der Waals surface area contributed by atoms with Crippen molar-refractivity contribution in [2.75, 3.05) is 0 Å². The predicted octanol–water partition coefficient (Wildman–Crippen LogP) is 3.11. The Labute approximate surface area is 145 Å². The van der Waals surface area contributed by atoms with Crippen LogP contribution in [0.5, 0.6) is 0 Å². The van der Waals surface area contributed by atoms with Crippen LogP contribution in [0.25, 0.3) is 0 Å². The third-order valence-electron chi connectivity index (χ3n) is 3.64. The standard InChI is InChI=1S/C17H17N3O2S2/c1-13-4-2-8-19-17(13)16(10-14-6-9-23-12-14)20-24(21,22)15-5-3-7-18-11-15/h2-9,11-12,16,20H,10H2,1H3/t16-/m1/s1. The maximum atomic E-state index is 12.7. The molecule has 0 saturated heterocycles. The third-order valence-corrected chi connectivity index (χ3v) is 5.83. The molecule has 3 aromatic rings. The summed E-state index contributed by atoms with van der Waals surface area (Å²) in [5.41, 5.74) is 2.76. The van der Waals surface area contributed by atoms with Gasteiger partial charge in [-0.2, -0.15) is 11.3 Å². The van der Waals surface area contributed by atoms with Crippen LogP contribution in [0.1, 0.15) is 22.9 Å². The number of aromatic nitrogens is 2. The summed E-state index contributed by atoms with van der Waals surface area (Å²) in [5.74, 6) is 0. The zero-order valence-corrected chi connectivity index (χ0v) is 14.7. The Morgan fingerprint density at radius 1 is 1.21 bits per heavy atom. The van der Waals surface area contributed by atoms with Crippen molar-refractivity contribution >= 4 is 21.4 Å². The maximum absolute atomic E-state index is 12.7. The lowest BCUT2D eigenvalue weighted by Gasteiger charge is -2.19. The topological polar surface area (TPSA) is 72.0 Å². The summed E-state index contributed by atoms with van der Waals surface area (Å²) in [4.78, 5) is 8.44. The van der Waals surface area contributed by atoms with Crippen molar-refractivity contribution in [3.8, 4) is 0 Å². The molecule has 0 aliphatic rings. The molecule has 3 heterocycles. The lowest BCUT2D eigenvalue weighted by Crippen LogP contribution is -2.31. The molecule has 0 spiro atoms. The maximum Gasteiger partial charge on any atom is 0.242 e. The molecule has 124 valence electrons. The van der Waals surface area contributed by atoms with Gasteiger partial charge in [0.05, 0.1) is 11.7 Å². The van der Waals surface area contributed by atoms with Gasteiger partial charge in [-0.3, -0.25) is 9.97 Å². The van der Waals surface area contributed by atoms with E-state index in [-0.39, 0.29) is 4.90 Å². The third kappa shape index (κ3) is 3.87. The lowest BCUT2D eigenvalue weighted by atomic mass is 10.0. The Hall–Kier alpha value is -2.09. The van der Waals surface area contributed by atoms with Gasteiger partial charge in [-0.15, -0.1) is 0 Å². The Kier molecular flexibility index (Phi) is 5.03. The van der Waals surface area contributed by atoms with Gasteiger partial charge in [-0.05, 0) is 59.5 Å². The summed E-state index contributed by atoms with van der Waals surface area (Å²) in [5, 5.41) is 4.00. The summed E-state index contributed by atoms with van der Waals surface area (Å²) in [6, 6.07) is 8.47. The highest BCUT2D eigenvalue weighted by atomic mass is 32.2. The monoisotopic (exact) mass is 359 g/mol. The fourth-order valence-corrected chi connectivity index (χ4v) is 4.31. The highest BCUT2D eigenvalue weighted by molar-refractivity contribution is 7.89. The van der Waals surface area contributed by atoms with E-state index in [0.717, 1.165) is 16.8 Å². The van der Waals surface area contributed by atoms with Crippen molar-refractivity contribution in [2.24, 2.45) is 0 Å². The van der Waals surface area contributed by atoms with Crippen molar-refractivity contribution in [2.45, 2.75) is 24.3 Å². The summed E-state index contributed by atoms with van der Waals surface area (Å²) in [6.07, 6.45) is 5.11. The van der Waals surface area contributed by atoms with Crippen LogP contribution in [0.15, 0.2) is 64.6 Å². The molecule has 24 heavy (non-hydrogen) atoms. The molecular formula is C17H17N3O2S2. The van der Waals surface area contributed by atoms with Gasteiger partial charge in [0.2, 0.25) is 10.0 Å². The summed E-state index contributed by atoms with van der Waals surface area (Å²) < 4.78 is 28.1. The fraction of sp³-hybridized carbons (Fsp3) is 0.176. The largest absolute Gasteiger partial charge is 0.263 e. The van der Waals surface area contributed by atoms with Crippen LogP contribution in [0.3, 0.4) is 0 Å². The van der Waals surface area contributed by atoms with E-state index in [2.05, 4.69) is 14.7 Å². The number of hydrogen-bond acceptors (Lipinski definition) is 5. The SMILES string of the molecule is Cc1cccnc1[C@@H](Cc1ccsc1)NS(=O)(=O)c1cccnc1. The average Bonchev–Trinajstić information content (AvgIpc) is 3.08. The minimum absolute atomic E-state index is 0.147. The predicted molar refractivity (Wildman–Crippen MR) is 94.3 cm³/mol. The minimum atomic E-state index is -3.68. The van der Waals surface area contributed by atoms with Crippen LogP contribution in [0.4, 0.5) is 0 Å². The van der Waals surface area contributed by atoms with Crippen LogP contribution >= 0.6 is 11.3 Å². The molecule has 0 fully saturated rings. The van der Waals surface area contributed by atoms with Crippen molar-refractivity contribution in [1.82, 2.24) is 14.7 Å². The number of nitrogens with one attached hydrogen (secondary N) is 1. The molecule has 0 radical (unpaired) electrons. The van der Waals surface area contributed by atoms with E-state index in [9.17, 15) is 8.42 Å². The van der Waals surface area contributed by atoms with Gasteiger partial charge < -0.3 is 0 Å². The molecule has 0 saturated carbocycles. The highest BCUT2D eigenvalue weighted by Crippen LogP contribution is 2.23. The van der Waals surface area contributed by atoms with Crippen molar-refractivity contribution in [3.05, 3.63) is 76.5 Å². The number of aryl methyl sites for hydroxylation is 1. The molecule has 0 aliphatic heterocycles. The van der Waals surface area contributed by atoms with Crippen LogP contribution in [0.2, 0.25) is 0 Å². The zero-order valence-electron chi connectivity index (χ0n) is 13.1. The second kappa shape index (κ2) is 7.21. The summed E-state index contributed by atoms with van der Waals surface area (Å²) in [7, 11) is -3.68. The normalized spacial score (nSPS) is 12.9. The first-order valence-corrected chi connectivity index (χ1v) is 9.84. The van der Waals surface area contributed by atoms with Gasteiger partial charge in [0.1, 0.15) is 4.90 Å². The second-order valence-corrected chi connectivity index (χ2v) is 7.90. The van der Waals surface area contributed by atoms with Crippen LogP contribution in [0, 0.1) is 6.92 Å². The highest BCUT2D eigenvalue weighted by Gasteiger charge is 2.24. The minimum Gasteiger partial charge on any atom is -0.263 e. The van der Waals surface area contributed by atoms with Gasteiger partial charge in [-0.25, -0.2) is 13.1 Å². The summed E-state index contributed by atoms with van der Waals surface area (Å²) in [6.45, 7) is 1.93. The molecule has 3 rings (SSSR count). The van der Waals surface area contributed by atoms with Crippen molar-refractivity contribution in [1.29, 1.82) is 0 Å². The molecule has 1 N–H and O–H groups in total. The average molecular weight is 359 g/mol. The van der Waals surface area contributed by atoms with E-state index in [0.29, 0.717) is 6.42 Å². The molecule has 0 aliphatic carbocycles. The number of sulfonamides is 1. The Morgan fingerprint density at radius 2 is 2.04 bits per heavy atom. The first-order chi connectivity index (χ1) is 11.6. The molecule has 1 atom stereocenters. The number of hydrogen-bond donors (Lipinski definition) is 1. The first-order valence-electron chi connectivity index (χ1n) is 7.41. The lowest BCUT2D eigenvalue weighted by molar-refractivity contribution is 0.548. The summed E-state index contributed by atoms with van der Waals surface area (Å²) >= 11 is 1.59. The van der Waals surface area contributed by atoms with Crippen LogP contribution < -0.4 is 4.72 Å². The first kappa shape index (κ1) is 16.8. The molecule has 0 aromatic carbocycles. The number of thiophene rings is 1. The van der Waals surface area contributed by atoms with Crippen molar-refractivity contribution in [3.63, 3.8) is 0 Å². The van der Waals surface area contributed by atoms with Crippen LogP contribution in [-0.4, -0.2) is 18.4 Å². The van der Waals surface area contributed by atoms with Gasteiger partial charge >= 0.3 is 0 Å². The molecule has 3 aromatic heterocycles. The van der Waals surface area contributed by atoms with E-state index in [1.165, 1.54) is 12.3 Å². The Morgan fingerprint density at radius 3 is 2.71 bits per heavy atom. The number of pyridine rings is 2. The molecule has 0 unspecified atom stereocenters. The Bertz CT molecular complexity index is 895. The molecular weight excluding hydrogens is 342 g/mol. The smallest absolute Gasteiger partial charge is 0.242 e. The molecule has 7 heteroatoms. The zero-order chi connectivity index (χ0) is 17.0. The van der Waals surface area contributed by atoms with Gasteiger partial charge in [-0.1, -0.05) is 6.07 Å². The van der Waals surface area contributed by atoms with E-state index in [4.69, 9.17) is 0 Å². The van der Waals surface area contributed by atoms with Gasteiger partial charge in [0.25, 0.3) is 0 Å². The molecule has 0 bridgehead atoms. The van der Waals surface area contributed by atoms with E-state index < -0.39 is 16.1 Å². The van der Waals surface area contributed by atoms with Crippen molar-refractivity contribution < 1.29 is 8.42 Å². The molecule has 0 amide bonds. The Balaban J connectivity index is 1.95. The van der Waals surface area contributed by atoms with E-state index >= 15 is 0 Å². The van der Waals surface area contributed by atoms with Gasteiger partial charge in [0, 0.05) is 18.6 Å². The second-order valence-electron chi connectivity index (χ2n) is 5.40. The van der Waals surface area contributed by atoms with Crippen LogP contribution in [-0.2, 0) is 16.4 Å². The number of rotatable bonds is 6. The fourth-order valence-electron chi connectivity index (χ4n) is 2.46. The molecule has 5 nitrogen and oxygen atoms in total. The van der Waals surface area contributed by atoms with E-state index in [1.807, 2.05) is 35.9 Å². The quantitative estimate of drug-likeness (QED) is 0.734. The number of nitrogens with zero attached hydrogens (tertiary/aromatic N) is 2.